The van der Waals surface area contributed by atoms with Gasteiger partial charge in [0, 0.05) is 26.3 Å². The normalized spacial score (nSPS) is 16.6. The zero-order valence-corrected chi connectivity index (χ0v) is 18.0. The Kier molecular flexibility index (Phi) is 9.63. The molecule has 156 valence electrons. The molecule has 0 saturated carbocycles. The van der Waals surface area contributed by atoms with Gasteiger partial charge in [-0.1, -0.05) is 58.9 Å². The number of aromatic amines is 1. The molecule has 0 bridgehead atoms. The first-order valence-electron chi connectivity index (χ1n) is 10.1. The quantitative estimate of drug-likeness (QED) is 0.397. The Bertz CT molecular complexity index is 720. The molecular weight excluding hydrogens is 350 g/mol. The third-order valence-corrected chi connectivity index (χ3v) is 4.66. The van der Waals surface area contributed by atoms with E-state index in [9.17, 15) is 9.59 Å². The summed E-state index contributed by atoms with van der Waals surface area (Å²) in [5.74, 6) is 0.539. The third kappa shape index (κ3) is 6.95. The Balaban J connectivity index is 0.00000184. The number of rotatable bonds is 7. The summed E-state index contributed by atoms with van der Waals surface area (Å²) in [6.07, 6.45) is 6.17. The van der Waals surface area contributed by atoms with Gasteiger partial charge in [0.05, 0.1) is 0 Å². The molecule has 1 unspecified atom stereocenters. The van der Waals surface area contributed by atoms with Crippen LogP contribution in [0.4, 0.5) is 0 Å². The number of Topliss-reactive ketones (excluding diaryl/α,β-unsaturated/α-hetero) is 1. The molecule has 1 aliphatic heterocycles. The van der Waals surface area contributed by atoms with Gasteiger partial charge in [0.15, 0.2) is 0 Å². The first-order valence-corrected chi connectivity index (χ1v) is 10.1. The van der Waals surface area contributed by atoms with E-state index in [-0.39, 0.29) is 19.0 Å². The van der Waals surface area contributed by atoms with Crippen LogP contribution in [0.3, 0.4) is 0 Å². The van der Waals surface area contributed by atoms with Crippen molar-refractivity contribution in [2.24, 2.45) is 11.8 Å². The highest BCUT2D eigenvalue weighted by atomic mass is 16.2. The molecule has 0 radical (unpaired) electrons. The van der Waals surface area contributed by atoms with Gasteiger partial charge in [-0.05, 0) is 43.2 Å². The number of hydrogen-bond donors (Lipinski definition) is 1. The molecule has 5 nitrogen and oxygen atoms in total. The van der Waals surface area contributed by atoms with Crippen molar-refractivity contribution >= 4 is 11.7 Å². The highest BCUT2D eigenvalue weighted by molar-refractivity contribution is 6.06. The van der Waals surface area contributed by atoms with Crippen molar-refractivity contribution < 1.29 is 11.0 Å². The first-order chi connectivity index (χ1) is 13.2. The molecule has 1 aromatic heterocycles. The van der Waals surface area contributed by atoms with Crippen molar-refractivity contribution in [2.45, 2.75) is 53.9 Å². The molecule has 1 aromatic rings. The van der Waals surface area contributed by atoms with Crippen molar-refractivity contribution in [3.63, 3.8) is 0 Å². The summed E-state index contributed by atoms with van der Waals surface area (Å²) in [6.45, 7) is 19.5. The van der Waals surface area contributed by atoms with E-state index >= 15 is 0 Å². The Labute approximate surface area is 171 Å². The number of allylic oxidation sites excluding steroid dienone is 3. The van der Waals surface area contributed by atoms with Gasteiger partial charge in [-0.15, -0.1) is 0 Å². The molecule has 0 aromatic carbocycles. The zero-order chi connectivity index (χ0) is 21.3. The van der Waals surface area contributed by atoms with Crippen LogP contribution < -0.4 is 0 Å². The van der Waals surface area contributed by atoms with Gasteiger partial charge in [-0.3, -0.25) is 14.7 Å². The fourth-order valence-corrected chi connectivity index (χ4v) is 2.95. The lowest BCUT2D eigenvalue weighted by molar-refractivity contribution is -0.126. The molecule has 1 amide bonds. The second-order valence-electron chi connectivity index (χ2n) is 7.78. The lowest BCUT2D eigenvalue weighted by Crippen LogP contribution is -2.29. The second kappa shape index (κ2) is 11.4. The van der Waals surface area contributed by atoms with Crippen molar-refractivity contribution in [1.29, 1.82) is 0 Å². The number of nitrogens with one attached hydrogen (secondary N) is 1. The average Bonchev–Trinajstić information content (AvgIpc) is 3.32. The third-order valence-electron chi connectivity index (χ3n) is 4.66. The maximum atomic E-state index is 12.6. The molecule has 1 aliphatic rings. The number of hydrogen-bond acceptors (Lipinski definition) is 3. The van der Waals surface area contributed by atoms with Crippen molar-refractivity contribution in [1.82, 2.24) is 15.1 Å². The standard InChI is InChI=1S/C20H27N3O2.C3H8.H2/c1-13(2)14(3)10-16(5)20(25)23-9-7-17(12-23)11-15(4)19(24)18-6-8-21-22-18;1-3-2;/h6,8,10,13,17H,3-4,7,9,11-12H2,1-2,5H3,(H,21,22);3H2,1-2H3;1H/b16-10+;;. The van der Waals surface area contributed by atoms with E-state index in [2.05, 4.69) is 51.1 Å². The first kappa shape index (κ1) is 23.6. The second-order valence-corrected chi connectivity index (χ2v) is 7.78. The summed E-state index contributed by atoms with van der Waals surface area (Å²) in [5, 5.41) is 6.47. The highest BCUT2D eigenvalue weighted by Crippen LogP contribution is 2.25. The van der Waals surface area contributed by atoms with E-state index in [0.29, 0.717) is 42.3 Å². The fraction of sp³-hybridized carbons (Fsp3) is 0.522. The van der Waals surface area contributed by atoms with Gasteiger partial charge in [0.2, 0.25) is 11.7 Å². The Morgan fingerprint density at radius 2 is 2.04 bits per heavy atom. The summed E-state index contributed by atoms with van der Waals surface area (Å²) in [4.78, 5) is 26.7. The molecule has 1 N–H and O–H groups in total. The predicted octanol–water partition coefficient (Wildman–Crippen LogP) is 5.21. The van der Waals surface area contributed by atoms with Crippen LogP contribution in [-0.4, -0.2) is 39.9 Å². The van der Waals surface area contributed by atoms with Crippen molar-refractivity contribution in [3.8, 4) is 0 Å². The summed E-state index contributed by atoms with van der Waals surface area (Å²) >= 11 is 0. The average molecular weight is 388 g/mol. The molecule has 0 aliphatic carbocycles. The number of likely N-dealkylation sites (tertiary alicyclic amines) is 1. The van der Waals surface area contributed by atoms with Gasteiger partial charge in [-0.25, -0.2) is 0 Å². The number of amides is 1. The lowest BCUT2D eigenvalue weighted by Gasteiger charge is -2.18. The molecule has 5 heteroatoms. The van der Waals surface area contributed by atoms with E-state index in [1.54, 1.807) is 12.3 Å². The summed E-state index contributed by atoms with van der Waals surface area (Å²) < 4.78 is 0. The maximum Gasteiger partial charge on any atom is 0.249 e. The summed E-state index contributed by atoms with van der Waals surface area (Å²) in [7, 11) is 0. The molecule has 1 fully saturated rings. The molecular formula is C23H37N3O2. The van der Waals surface area contributed by atoms with Crippen LogP contribution >= 0.6 is 0 Å². The van der Waals surface area contributed by atoms with Crippen molar-refractivity contribution in [2.75, 3.05) is 13.1 Å². The molecule has 0 spiro atoms. The van der Waals surface area contributed by atoms with Gasteiger partial charge in [0.25, 0.3) is 0 Å². The smallest absolute Gasteiger partial charge is 0.249 e. The number of aromatic nitrogens is 2. The van der Waals surface area contributed by atoms with E-state index in [0.717, 1.165) is 12.0 Å². The number of carbonyl (C=O) groups excluding carboxylic acids is 2. The SMILES string of the molecule is C=C(CC1CCN(C(=O)/C(C)=C/C(=C)C(C)C)C1)C(=O)c1ccn[nH]1.CCC.[HH]. The number of ketones is 1. The molecule has 1 saturated heterocycles. The van der Waals surface area contributed by atoms with Gasteiger partial charge < -0.3 is 4.90 Å². The van der Waals surface area contributed by atoms with E-state index < -0.39 is 0 Å². The van der Waals surface area contributed by atoms with Gasteiger partial charge >= 0.3 is 0 Å². The largest absolute Gasteiger partial charge is 0.339 e. The Morgan fingerprint density at radius 3 is 2.57 bits per heavy atom. The summed E-state index contributed by atoms with van der Waals surface area (Å²) in [6, 6.07) is 1.65. The molecule has 2 heterocycles. The van der Waals surface area contributed by atoms with Crippen LogP contribution in [0, 0.1) is 11.8 Å². The van der Waals surface area contributed by atoms with Gasteiger partial charge in [-0.2, -0.15) is 5.10 Å². The molecule has 1 atom stereocenters. The highest BCUT2D eigenvalue weighted by Gasteiger charge is 2.28. The monoisotopic (exact) mass is 387 g/mol. The Morgan fingerprint density at radius 1 is 1.39 bits per heavy atom. The van der Waals surface area contributed by atoms with Crippen molar-refractivity contribution in [3.05, 3.63) is 53.9 Å². The minimum atomic E-state index is -0.105. The summed E-state index contributed by atoms with van der Waals surface area (Å²) in [5.41, 5.74) is 2.69. The van der Waals surface area contributed by atoms with Crippen LogP contribution in [0.5, 0.6) is 0 Å². The topological polar surface area (TPSA) is 66.1 Å². The number of carbonyl (C=O) groups is 2. The van der Waals surface area contributed by atoms with Crippen LogP contribution in [0.1, 0.15) is 65.8 Å². The Hall–Kier alpha value is -2.43. The van der Waals surface area contributed by atoms with Crippen LogP contribution in [0.2, 0.25) is 0 Å². The molecule has 2 rings (SSSR count). The minimum Gasteiger partial charge on any atom is -0.339 e. The zero-order valence-electron chi connectivity index (χ0n) is 18.0. The van der Waals surface area contributed by atoms with Gasteiger partial charge in [0.1, 0.15) is 5.69 Å². The molecule has 28 heavy (non-hydrogen) atoms. The van der Waals surface area contributed by atoms with E-state index in [1.807, 2.05) is 17.9 Å². The minimum absolute atomic E-state index is 0. The predicted molar refractivity (Wildman–Crippen MR) is 117 cm³/mol. The van der Waals surface area contributed by atoms with E-state index in [1.165, 1.54) is 6.42 Å². The van der Waals surface area contributed by atoms with E-state index in [4.69, 9.17) is 0 Å². The fourth-order valence-electron chi connectivity index (χ4n) is 2.95. The lowest BCUT2D eigenvalue weighted by atomic mass is 9.96. The maximum absolute atomic E-state index is 12.6. The number of nitrogens with zero attached hydrogens (tertiary/aromatic N) is 2. The van der Waals surface area contributed by atoms with Crippen LogP contribution in [-0.2, 0) is 4.79 Å². The van der Waals surface area contributed by atoms with Crippen LogP contribution in [0.25, 0.3) is 0 Å². The van der Waals surface area contributed by atoms with Crippen LogP contribution in [0.15, 0.2) is 48.2 Å². The number of H-pyrrole nitrogens is 1.